The monoisotopic (exact) mass is 440 g/mol. The molecule has 2 N–H and O–H groups in total. The fourth-order valence-corrected chi connectivity index (χ4v) is 5.15. The molecule has 0 radical (unpaired) electrons. The molecule has 1 aromatic heterocycles. The topological polar surface area (TPSA) is 91.4 Å². The molecule has 10 heteroatoms. The summed E-state index contributed by atoms with van der Waals surface area (Å²) in [6.07, 6.45) is 3.37. The Labute approximate surface area is 174 Å². The Morgan fingerprint density at radius 2 is 2.07 bits per heavy atom. The van der Waals surface area contributed by atoms with E-state index in [9.17, 15) is 17.6 Å². The van der Waals surface area contributed by atoms with Crippen LogP contribution in [0.5, 0.6) is 0 Å². The van der Waals surface area contributed by atoms with Gasteiger partial charge in [0.2, 0.25) is 10.0 Å². The van der Waals surface area contributed by atoms with Crippen molar-refractivity contribution < 1.29 is 17.6 Å². The number of hydrogen-bond donors (Lipinski definition) is 2. The van der Waals surface area contributed by atoms with Crippen LogP contribution in [0.2, 0.25) is 0 Å². The zero-order chi connectivity index (χ0) is 21.0. The van der Waals surface area contributed by atoms with Crippen molar-refractivity contribution in [2.45, 2.75) is 39.2 Å². The molecule has 1 aliphatic rings. The molecule has 29 heavy (non-hydrogen) atoms. The number of aromatic nitrogens is 1. The molecule has 158 valence electrons. The van der Waals surface area contributed by atoms with Gasteiger partial charge < -0.3 is 5.32 Å². The van der Waals surface area contributed by atoms with E-state index in [1.54, 1.807) is 26.1 Å². The van der Waals surface area contributed by atoms with E-state index in [0.717, 1.165) is 10.4 Å². The fraction of sp³-hybridized carbons (Fsp3) is 0.474. The molecule has 2 amide bonds. The number of amides is 2. The fourth-order valence-electron chi connectivity index (χ4n) is 3.17. The number of anilines is 1. The molecule has 1 aromatic carbocycles. The minimum absolute atomic E-state index is 0.0757. The number of carbonyl (C=O) groups is 1. The van der Waals surface area contributed by atoms with E-state index in [-0.39, 0.29) is 23.6 Å². The number of carbonyl (C=O) groups excluding carboxylic acids is 1. The molecule has 0 unspecified atom stereocenters. The first-order valence-electron chi connectivity index (χ1n) is 9.52. The van der Waals surface area contributed by atoms with Gasteiger partial charge in [-0.1, -0.05) is 12.1 Å². The molecule has 2 aromatic rings. The average molecular weight is 441 g/mol. The lowest BCUT2D eigenvalue weighted by Crippen LogP contribution is -2.47. The van der Waals surface area contributed by atoms with Crippen molar-refractivity contribution in [2.75, 3.05) is 24.2 Å². The molecule has 7 nitrogen and oxygen atoms in total. The Morgan fingerprint density at radius 3 is 2.72 bits per heavy atom. The number of hydrogen-bond acceptors (Lipinski definition) is 5. The molecule has 0 bridgehead atoms. The summed E-state index contributed by atoms with van der Waals surface area (Å²) in [5, 5.41) is 6.06. The number of aryl methyl sites for hydroxylation is 1. The summed E-state index contributed by atoms with van der Waals surface area (Å²) < 4.78 is 38.9. The van der Waals surface area contributed by atoms with Gasteiger partial charge in [0.15, 0.2) is 5.13 Å². The van der Waals surface area contributed by atoms with E-state index in [0.29, 0.717) is 43.0 Å². The van der Waals surface area contributed by atoms with Crippen molar-refractivity contribution in [3.05, 3.63) is 46.2 Å². The van der Waals surface area contributed by atoms with Crippen LogP contribution < -0.4 is 10.6 Å². The molecule has 1 aliphatic heterocycles. The number of nitrogens with one attached hydrogen (secondary N) is 2. The summed E-state index contributed by atoms with van der Waals surface area (Å²) in [7, 11) is -3.18. The van der Waals surface area contributed by atoms with E-state index >= 15 is 0 Å². The third kappa shape index (κ3) is 5.74. The Bertz CT molecular complexity index is 970. The molecule has 3 rings (SSSR count). The number of urea groups is 1. The van der Waals surface area contributed by atoms with Crippen LogP contribution in [0.3, 0.4) is 0 Å². The van der Waals surface area contributed by atoms with Gasteiger partial charge in [0.05, 0.1) is 5.75 Å². The lowest BCUT2D eigenvalue weighted by Gasteiger charge is -2.31. The van der Waals surface area contributed by atoms with Gasteiger partial charge in [-0.2, -0.15) is 0 Å². The number of sulfonamides is 1. The molecular weight excluding hydrogens is 415 g/mol. The van der Waals surface area contributed by atoms with Crippen LogP contribution in [0, 0.1) is 12.7 Å². The maximum atomic E-state index is 13.7. The van der Waals surface area contributed by atoms with E-state index in [1.807, 2.05) is 6.07 Å². The number of thiazole rings is 1. The summed E-state index contributed by atoms with van der Waals surface area (Å²) in [5.74, 6) is -0.143. The molecule has 0 saturated carbocycles. The number of benzene rings is 1. The first-order valence-corrected chi connectivity index (χ1v) is 11.9. The molecule has 2 heterocycles. The lowest BCUT2D eigenvalue weighted by atomic mass is 10.1. The van der Waals surface area contributed by atoms with Crippen molar-refractivity contribution in [3.63, 3.8) is 0 Å². The van der Waals surface area contributed by atoms with Crippen LogP contribution in [0.4, 0.5) is 14.3 Å². The van der Waals surface area contributed by atoms with Gasteiger partial charge in [-0.05, 0) is 43.9 Å². The second-order valence-corrected chi connectivity index (χ2v) is 10.4. The number of halogens is 1. The summed E-state index contributed by atoms with van der Waals surface area (Å²) in [6.45, 7) is 4.18. The minimum Gasteiger partial charge on any atom is -0.335 e. The van der Waals surface area contributed by atoms with Crippen molar-refractivity contribution in [1.29, 1.82) is 0 Å². The van der Waals surface area contributed by atoms with Gasteiger partial charge in [-0.25, -0.2) is 26.9 Å². The molecule has 1 fully saturated rings. The minimum atomic E-state index is -3.18. The van der Waals surface area contributed by atoms with Crippen LogP contribution in [-0.2, 0) is 16.4 Å². The van der Waals surface area contributed by atoms with E-state index in [1.165, 1.54) is 21.7 Å². The zero-order valence-electron chi connectivity index (χ0n) is 16.4. The molecule has 0 atom stereocenters. The van der Waals surface area contributed by atoms with Gasteiger partial charge in [0.25, 0.3) is 0 Å². The molecular formula is C19H25FN4O3S2. The highest BCUT2D eigenvalue weighted by molar-refractivity contribution is 7.89. The third-order valence-electron chi connectivity index (χ3n) is 4.94. The van der Waals surface area contributed by atoms with E-state index < -0.39 is 10.0 Å². The third-order valence-corrected chi connectivity index (χ3v) is 7.73. The SMILES string of the molecule is CCS(=O)(=O)N1CCC(NC(=O)Nc2ncc(Cc3ccc(C)c(F)c3)s2)CC1. The van der Waals surface area contributed by atoms with Crippen LogP contribution in [0.15, 0.2) is 24.4 Å². The Hall–Kier alpha value is -2.04. The summed E-state index contributed by atoms with van der Waals surface area (Å²) >= 11 is 1.34. The first kappa shape index (κ1) is 21.7. The number of rotatable bonds is 6. The van der Waals surface area contributed by atoms with Crippen LogP contribution in [0.1, 0.15) is 35.8 Å². The van der Waals surface area contributed by atoms with Gasteiger partial charge in [0.1, 0.15) is 5.82 Å². The summed E-state index contributed by atoms with van der Waals surface area (Å²) in [5.41, 5.74) is 1.46. The zero-order valence-corrected chi connectivity index (χ0v) is 18.1. The largest absolute Gasteiger partial charge is 0.335 e. The van der Waals surface area contributed by atoms with Gasteiger partial charge >= 0.3 is 6.03 Å². The first-order chi connectivity index (χ1) is 13.8. The van der Waals surface area contributed by atoms with Crippen LogP contribution in [0.25, 0.3) is 0 Å². The van der Waals surface area contributed by atoms with Gasteiger partial charge in [0, 0.05) is 36.6 Å². The van der Waals surface area contributed by atoms with Crippen LogP contribution in [-0.4, -0.2) is 48.6 Å². The van der Waals surface area contributed by atoms with Gasteiger partial charge in [-0.15, -0.1) is 11.3 Å². The standard InChI is InChI=1S/C19H25FN4O3S2/c1-3-29(26,27)24-8-6-15(7-9-24)22-18(25)23-19-21-12-16(28-19)10-14-5-4-13(2)17(20)11-14/h4-5,11-12,15H,3,6-10H2,1-2H3,(H2,21,22,23,25). The number of piperidine rings is 1. The summed E-state index contributed by atoms with van der Waals surface area (Å²) in [4.78, 5) is 17.4. The molecule has 0 aliphatic carbocycles. The quantitative estimate of drug-likeness (QED) is 0.722. The predicted octanol–water partition coefficient (Wildman–Crippen LogP) is 3.12. The Balaban J connectivity index is 1.49. The second kappa shape index (κ2) is 9.19. The Kier molecular flexibility index (Phi) is 6.86. The Morgan fingerprint density at radius 1 is 1.34 bits per heavy atom. The van der Waals surface area contributed by atoms with E-state index in [2.05, 4.69) is 15.6 Å². The smallest absolute Gasteiger partial charge is 0.321 e. The second-order valence-electron chi connectivity index (χ2n) is 7.06. The predicted molar refractivity (Wildman–Crippen MR) is 112 cm³/mol. The van der Waals surface area contributed by atoms with Crippen molar-refractivity contribution in [1.82, 2.24) is 14.6 Å². The van der Waals surface area contributed by atoms with Crippen molar-refractivity contribution in [2.24, 2.45) is 0 Å². The highest BCUT2D eigenvalue weighted by Gasteiger charge is 2.27. The molecule has 1 saturated heterocycles. The normalized spacial score (nSPS) is 16.0. The van der Waals surface area contributed by atoms with Crippen molar-refractivity contribution in [3.8, 4) is 0 Å². The maximum absolute atomic E-state index is 13.7. The highest BCUT2D eigenvalue weighted by Crippen LogP contribution is 2.22. The van der Waals surface area contributed by atoms with Gasteiger partial charge in [-0.3, -0.25) is 5.32 Å². The average Bonchev–Trinajstić information content (AvgIpc) is 3.11. The summed E-state index contributed by atoms with van der Waals surface area (Å²) in [6, 6.07) is 4.70. The van der Waals surface area contributed by atoms with E-state index in [4.69, 9.17) is 0 Å². The maximum Gasteiger partial charge on any atom is 0.321 e. The van der Waals surface area contributed by atoms with Crippen LogP contribution >= 0.6 is 11.3 Å². The molecule has 0 spiro atoms. The number of nitrogens with zero attached hydrogens (tertiary/aromatic N) is 2. The van der Waals surface area contributed by atoms with Crippen molar-refractivity contribution >= 4 is 32.5 Å². The highest BCUT2D eigenvalue weighted by atomic mass is 32.2. The lowest BCUT2D eigenvalue weighted by molar-refractivity contribution is 0.238.